The van der Waals surface area contributed by atoms with Gasteiger partial charge in [-0.1, -0.05) is 89.8 Å². The number of para-hydroxylation sites is 2. The van der Waals surface area contributed by atoms with Crippen molar-refractivity contribution >= 4 is 21.8 Å². The summed E-state index contributed by atoms with van der Waals surface area (Å²) < 4.78 is 0. The van der Waals surface area contributed by atoms with E-state index >= 15 is 0 Å². The Hall–Kier alpha value is -8.43. The zero-order valence-electron chi connectivity index (χ0n) is 41.2. The minimum Gasteiger partial charge on any atom is -0.504 e. The molecule has 0 spiro atoms. The highest BCUT2D eigenvalue weighted by molar-refractivity contribution is 5.92. The van der Waals surface area contributed by atoms with Crippen molar-refractivity contribution in [2.75, 3.05) is 0 Å². The third-order valence-electron chi connectivity index (χ3n) is 13.0. The standard InChI is InChI=1S/C40H48O12.C13H9N.2C2H3N/c1-5-9-17-21-13-23(31(43)37(49)29(21)41)18(10-6-2)25-15-27(35(47)39(51)33(25)45)20(12-8-4)28-16-26(34(46)40(52)36(28)48)19(11-7-3)24-14-22(17)30(42)38(50)32(24)44;1-3-7-12-10(5-1)9-11-6-2-4-8-13(11)14-12;2*1-2-3/h13-20,41-52H,5-12H2,1-4H3;1-9H;2*1H3. The van der Waals surface area contributed by atoms with Crippen LogP contribution >= 0.6 is 0 Å². The molecular formula is C57H63N3O12. The first kappa shape index (κ1) is 54.5. The van der Waals surface area contributed by atoms with Crippen molar-refractivity contribution in [2.45, 2.75) is 117 Å². The molecule has 0 aliphatic heterocycles. The van der Waals surface area contributed by atoms with Crippen LogP contribution in [-0.2, 0) is 0 Å². The Bertz CT molecular complexity index is 2640. The van der Waals surface area contributed by atoms with E-state index in [2.05, 4.69) is 23.2 Å². The highest BCUT2D eigenvalue weighted by Crippen LogP contribution is 2.58. The molecule has 1 heterocycles. The van der Waals surface area contributed by atoms with E-state index in [-0.39, 0.29) is 70.2 Å². The van der Waals surface area contributed by atoms with Gasteiger partial charge in [-0.25, -0.2) is 4.98 Å². The molecule has 15 heteroatoms. The van der Waals surface area contributed by atoms with Crippen LogP contribution in [0.2, 0.25) is 0 Å². The van der Waals surface area contributed by atoms with E-state index < -0.39 is 92.7 Å². The van der Waals surface area contributed by atoms with Crippen LogP contribution in [0.25, 0.3) is 21.8 Å². The molecule has 12 N–H and O–H groups in total. The van der Waals surface area contributed by atoms with Crippen molar-refractivity contribution in [3.8, 4) is 81.1 Å². The average molecular weight is 982 g/mol. The van der Waals surface area contributed by atoms with Crippen LogP contribution in [0.4, 0.5) is 0 Å². The summed E-state index contributed by atoms with van der Waals surface area (Å²) in [6.45, 7) is 10.2. The number of rotatable bonds is 8. The summed E-state index contributed by atoms with van der Waals surface area (Å²) in [5, 5.41) is 153. The molecule has 0 fully saturated rings. The predicted octanol–water partition coefficient (Wildman–Crippen LogP) is 12.6. The maximum absolute atomic E-state index is 11.4. The van der Waals surface area contributed by atoms with Crippen molar-refractivity contribution < 1.29 is 61.3 Å². The largest absolute Gasteiger partial charge is 0.504 e. The summed E-state index contributed by atoms with van der Waals surface area (Å²) >= 11 is 0. The third kappa shape index (κ3) is 10.7. The fourth-order valence-electron chi connectivity index (χ4n) is 9.67. The SMILES string of the molecule is CC#N.CC#N.CCCC1c2cc(c(O)c(O)c2O)C(CCC)c2cc(c(O)c(O)c2O)C(CCC)c2cc(c(O)c(O)c2O)C(CCC)c2cc1c(O)c(O)c2O.c1ccc2nc3ccccc3cc2c1. The zero-order chi connectivity index (χ0) is 53.1. The van der Waals surface area contributed by atoms with Crippen molar-refractivity contribution in [1.29, 1.82) is 10.5 Å². The third-order valence-corrected chi connectivity index (χ3v) is 13.0. The lowest BCUT2D eigenvalue weighted by Gasteiger charge is -2.29. The normalized spacial score (nSPS) is 15.6. The molecule has 378 valence electrons. The van der Waals surface area contributed by atoms with Crippen LogP contribution in [0, 0.1) is 22.7 Å². The quantitative estimate of drug-likeness (QED) is 0.0498. The Labute approximate surface area is 418 Å². The van der Waals surface area contributed by atoms with Crippen LogP contribution in [0.5, 0.6) is 69.0 Å². The van der Waals surface area contributed by atoms with Crippen molar-refractivity contribution in [3.05, 3.63) is 123 Å². The number of fused-ring (bicyclic) bond motifs is 10. The highest BCUT2D eigenvalue weighted by Gasteiger charge is 2.37. The minimum atomic E-state index is -0.971. The van der Waals surface area contributed by atoms with Gasteiger partial charge in [0.2, 0.25) is 23.0 Å². The Morgan fingerprint density at radius 3 is 0.736 bits per heavy atom. The van der Waals surface area contributed by atoms with Gasteiger partial charge in [0, 0.05) is 92.8 Å². The Kier molecular flexibility index (Phi) is 18.1. The summed E-state index contributed by atoms with van der Waals surface area (Å²) in [7, 11) is 0. The van der Waals surface area contributed by atoms with E-state index in [1.165, 1.54) is 48.9 Å². The number of phenolic OH excluding ortho intramolecular Hbond substituents is 12. The highest BCUT2D eigenvalue weighted by atomic mass is 16.3. The summed E-state index contributed by atoms with van der Waals surface area (Å²) in [6, 6.07) is 27.8. The predicted molar refractivity (Wildman–Crippen MR) is 275 cm³/mol. The van der Waals surface area contributed by atoms with Gasteiger partial charge in [-0.05, 0) is 68.1 Å². The molecule has 72 heavy (non-hydrogen) atoms. The second-order valence-corrected chi connectivity index (χ2v) is 17.6. The number of pyridine rings is 1. The van der Waals surface area contributed by atoms with Gasteiger partial charge in [0.15, 0.2) is 46.0 Å². The van der Waals surface area contributed by atoms with E-state index in [0.29, 0.717) is 25.7 Å². The van der Waals surface area contributed by atoms with E-state index in [1.54, 1.807) is 12.1 Å². The molecule has 0 saturated carbocycles. The Balaban J connectivity index is 0.000000397. The summed E-state index contributed by atoms with van der Waals surface area (Å²) in [5.74, 6) is -13.1. The van der Waals surface area contributed by atoms with Gasteiger partial charge in [-0.2, -0.15) is 10.5 Å². The first-order valence-electron chi connectivity index (χ1n) is 23.9. The fourth-order valence-corrected chi connectivity index (χ4v) is 9.67. The Morgan fingerprint density at radius 2 is 0.542 bits per heavy atom. The molecule has 7 aromatic rings. The van der Waals surface area contributed by atoms with E-state index in [4.69, 9.17) is 10.5 Å². The number of nitriles is 2. The molecule has 1 aromatic heterocycles. The Morgan fingerprint density at radius 1 is 0.347 bits per heavy atom. The molecule has 8 bridgehead atoms. The second kappa shape index (κ2) is 23.9. The van der Waals surface area contributed by atoms with E-state index in [0.717, 1.165) is 11.0 Å². The molecular weight excluding hydrogens is 919 g/mol. The summed E-state index contributed by atoms with van der Waals surface area (Å²) in [5.41, 5.74) is 2.44. The first-order valence-corrected chi connectivity index (χ1v) is 23.9. The molecule has 0 radical (unpaired) electrons. The topological polar surface area (TPSA) is 303 Å². The van der Waals surface area contributed by atoms with Gasteiger partial charge in [0.1, 0.15) is 0 Å². The molecule has 0 atom stereocenters. The molecule has 0 saturated heterocycles. The maximum Gasteiger partial charge on any atom is 0.200 e. The van der Waals surface area contributed by atoms with Gasteiger partial charge in [-0.15, -0.1) is 0 Å². The molecule has 1 aliphatic rings. The smallest absolute Gasteiger partial charge is 0.200 e. The number of phenols is 12. The summed E-state index contributed by atoms with van der Waals surface area (Å²) in [6.07, 6.45) is 2.70. The molecule has 15 nitrogen and oxygen atoms in total. The van der Waals surface area contributed by atoms with Crippen molar-refractivity contribution in [2.24, 2.45) is 0 Å². The number of hydrogen-bond donors (Lipinski definition) is 12. The van der Waals surface area contributed by atoms with Crippen LogP contribution in [-0.4, -0.2) is 66.3 Å². The maximum atomic E-state index is 11.4. The van der Waals surface area contributed by atoms with Gasteiger partial charge in [0.25, 0.3) is 0 Å². The number of aromatic nitrogens is 1. The monoisotopic (exact) mass is 981 g/mol. The van der Waals surface area contributed by atoms with Crippen LogP contribution < -0.4 is 0 Å². The number of aromatic hydroxyl groups is 12. The van der Waals surface area contributed by atoms with Crippen LogP contribution in [0.1, 0.15) is 161 Å². The molecule has 1 aliphatic carbocycles. The molecule has 8 rings (SSSR count). The van der Waals surface area contributed by atoms with Crippen LogP contribution in [0.15, 0.2) is 78.9 Å². The minimum absolute atomic E-state index is 0.0395. The molecule has 0 unspecified atom stereocenters. The van der Waals surface area contributed by atoms with E-state index in [1.807, 2.05) is 64.1 Å². The first-order chi connectivity index (χ1) is 34.4. The number of hydrogen-bond acceptors (Lipinski definition) is 15. The lowest BCUT2D eigenvalue weighted by Crippen LogP contribution is -2.11. The molecule has 0 amide bonds. The zero-order valence-corrected chi connectivity index (χ0v) is 41.2. The fraction of sp³-hybridized carbons (Fsp3) is 0.316. The van der Waals surface area contributed by atoms with E-state index in [9.17, 15) is 61.3 Å². The van der Waals surface area contributed by atoms with Crippen molar-refractivity contribution in [3.63, 3.8) is 0 Å². The lowest BCUT2D eigenvalue weighted by atomic mass is 9.76. The van der Waals surface area contributed by atoms with Crippen molar-refractivity contribution in [1.82, 2.24) is 4.98 Å². The second-order valence-electron chi connectivity index (χ2n) is 17.6. The summed E-state index contributed by atoms with van der Waals surface area (Å²) in [4.78, 5) is 4.58. The lowest BCUT2D eigenvalue weighted by molar-refractivity contribution is 0.348. The number of benzene rings is 6. The van der Waals surface area contributed by atoms with Gasteiger partial charge in [-0.3, -0.25) is 0 Å². The van der Waals surface area contributed by atoms with Crippen LogP contribution in [0.3, 0.4) is 0 Å². The van der Waals surface area contributed by atoms with Gasteiger partial charge < -0.3 is 61.3 Å². The number of nitrogens with zero attached hydrogens (tertiary/aromatic N) is 3. The van der Waals surface area contributed by atoms with Gasteiger partial charge in [0.05, 0.1) is 23.2 Å². The van der Waals surface area contributed by atoms with Gasteiger partial charge >= 0.3 is 0 Å². The average Bonchev–Trinajstić information content (AvgIpc) is 3.37. The molecule has 6 aromatic carbocycles.